The molecule has 0 saturated heterocycles. The number of hydrogen-bond acceptors (Lipinski definition) is 2. The first-order valence-electron chi connectivity index (χ1n) is 11.0. The molecule has 1 aliphatic heterocycles. The Morgan fingerprint density at radius 2 is 1.86 bits per heavy atom. The maximum Gasteiger partial charge on any atom is 0.422 e. The van der Waals surface area contributed by atoms with Crippen LogP contribution in [0.25, 0.3) is 22.3 Å². The molecular formula is C25H22F5N3O2+2. The fraction of sp³-hybridized carbons (Fsp3) is 0.320. The first-order chi connectivity index (χ1) is 16.3. The van der Waals surface area contributed by atoms with Crippen molar-refractivity contribution in [2.24, 2.45) is 7.05 Å². The monoisotopic (exact) mass is 491 g/mol. The van der Waals surface area contributed by atoms with Crippen molar-refractivity contribution in [1.82, 2.24) is 4.40 Å². The molecule has 35 heavy (non-hydrogen) atoms. The molecule has 0 bridgehead atoms. The number of alkyl halides is 3. The number of aromatic nitrogens is 3. The second-order valence-electron chi connectivity index (χ2n) is 9.15. The average molecular weight is 491 g/mol. The van der Waals surface area contributed by atoms with Crippen LogP contribution < -0.4 is 20.3 Å². The lowest BCUT2D eigenvalue weighted by molar-refractivity contribution is -0.737. The van der Waals surface area contributed by atoms with Crippen molar-refractivity contribution in [2.45, 2.75) is 45.8 Å². The summed E-state index contributed by atoms with van der Waals surface area (Å²) in [6.45, 7) is 7.10. The van der Waals surface area contributed by atoms with Crippen molar-refractivity contribution in [2.75, 3.05) is 0 Å². The highest BCUT2D eigenvalue weighted by atomic mass is 19.4. The lowest BCUT2D eigenvalue weighted by atomic mass is 9.77. The summed E-state index contributed by atoms with van der Waals surface area (Å²) in [5.41, 5.74) is -2.17. The smallest absolute Gasteiger partial charge is 0.382 e. The molecule has 5 nitrogen and oxygen atoms in total. The van der Waals surface area contributed by atoms with Crippen molar-refractivity contribution in [3.8, 4) is 11.3 Å². The largest absolute Gasteiger partial charge is 0.422 e. The van der Waals surface area contributed by atoms with Crippen molar-refractivity contribution in [3.05, 3.63) is 80.7 Å². The molecule has 3 aromatic heterocycles. The number of fused-ring (bicyclic) bond motifs is 4. The zero-order chi connectivity index (χ0) is 25.6. The quantitative estimate of drug-likeness (QED) is 0.302. The Kier molecular flexibility index (Phi) is 4.79. The number of oxazole rings is 1. The fourth-order valence-electron chi connectivity index (χ4n) is 5.07. The van der Waals surface area contributed by atoms with E-state index in [2.05, 4.69) is 0 Å². The van der Waals surface area contributed by atoms with E-state index in [9.17, 15) is 22.4 Å². The zero-order valence-electron chi connectivity index (χ0n) is 19.6. The summed E-state index contributed by atoms with van der Waals surface area (Å²) in [5, 5.41) is 0. The zero-order valence-corrected chi connectivity index (χ0v) is 19.6. The van der Waals surface area contributed by atoms with Gasteiger partial charge in [0.2, 0.25) is 5.69 Å². The van der Waals surface area contributed by atoms with Gasteiger partial charge in [-0.1, -0.05) is 6.92 Å². The Morgan fingerprint density at radius 1 is 1.17 bits per heavy atom. The number of imidazole rings is 1. The Labute approximate surface area is 196 Å². The number of aryl methyl sites for hydroxylation is 3. The van der Waals surface area contributed by atoms with Gasteiger partial charge in [0.25, 0.3) is 11.8 Å². The van der Waals surface area contributed by atoms with Crippen molar-refractivity contribution in [1.29, 1.82) is 0 Å². The summed E-state index contributed by atoms with van der Waals surface area (Å²) in [5.74, 6) is -3.44. The topological polar surface area (TPSA) is 42.4 Å². The molecular weight excluding hydrogens is 469 g/mol. The van der Waals surface area contributed by atoms with Gasteiger partial charge in [-0.05, 0) is 18.6 Å². The van der Waals surface area contributed by atoms with Gasteiger partial charge in [-0.15, -0.1) is 0 Å². The molecule has 4 heterocycles. The van der Waals surface area contributed by atoms with Crippen molar-refractivity contribution >= 4 is 11.1 Å². The number of rotatable bonds is 1. The van der Waals surface area contributed by atoms with Crippen LogP contribution in [0.15, 0.2) is 39.9 Å². The Morgan fingerprint density at radius 3 is 2.49 bits per heavy atom. The first-order valence-corrected chi connectivity index (χ1v) is 11.0. The predicted molar refractivity (Wildman–Crippen MR) is 115 cm³/mol. The second-order valence-corrected chi connectivity index (χ2v) is 9.15. The highest BCUT2D eigenvalue weighted by Gasteiger charge is 2.51. The van der Waals surface area contributed by atoms with Crippen LogP contribution in [-0.2, 0) is 18.8 Å². The standard InChI is InChI=1S/C25H22F5N3O2/c1-6-24(4)18(22-32-11-31(5)13(3)21(32)23(34)35-22)14-10-15(26)19(25(28,29)30)20(27)17(14)16-9-12(2)7-8-33(16)24/h7-11H,6H2,1-5H3/q+2. The normalized spacial score (nSPS) is 19.3. The van der Waals surface area contributed by atoms with Crippen LogP contribution in [0.3, 0.4) is 0 Å². The number of hydrogen-bond donors (Lipinski definition) is 0. The molecule has 0 amide bonds. The number of halogens is 5. The first kappa shape index (κ1) is 23.2. The molecule has 4 aromatic rings. The third-order valence-electron chi connectivity index (χ3n) is 7.11. The Hall–Kier alpha value is -3.56. The Balaban J connectivity index is 2.09. The van der Waals surface area contributed by atoms with Crippen LogP contribution in [0.4, 0.5) is 22.0 Å². The summed E-state index contributed by atoms with van der Waals surface area (Å²) in [6.07, 6.45) is -1.60. The molecule has 5 rings (SSSR count). The van der Waals surface area contributed by atoms with Crippen LogP contribution >= 0.6 is 0 Å². The number of pyridine rings is 1. The van der Waals surface area contributed by atoms with E-state index in [0.29, 0.717) is 23.7 Å². The maximum absolute atomic E-state index is 15.7. The van der Waals surface area contributed by atoms with Gasteiger partial charge in [0.15, 0.2) is 23.2 Å². The molecule has 0 spiro atoms. The minimum absolute atomic E-state index is 0.0107. The Bertz CT molecular complexity index is 1670. The van der Waals surface area contributed by atoms with Gasteiger partial charge >= 0.3 is 17.3 Å². The van der Waals surface area contributed by atoms with Gasteiger partial charge in [0.05, 0.1) is 12.6 Å². The molecule has 0 fully saturated rings. The lowest BCUT2D eigenvalue weighted by Gasteiger charge is -2.32. The average Bonchev–Trinajstić information content (AvgIpc) is 3.22. The predicted octanol–water partition coefficient (Wildman–Crippen LogP) is 3.64. The summed E-state index contributed by atoms with van der Waals surface area (Å²) in [4.78, 5) is 12.8. The van der Waals surface area contributed by atoms with Gasteiger partial charge in [0.1, 0.15) is 17.0 Å². The third-order valence-corrected chi connectivity index (χ3v) is 7.11. The van der Waals surface area contributed by atoms with E-state index < -0.39 is 40.1 Å². The number of nitrogens with zero attached hydrogens (tertiary/aromatic N) is 3. The van der Waals surface area contributed by atoms with Gasteiger partial charge in [-0.3, -0.25) is 0 Å². The third kappa shape index (κ3) is 3.01. The SMILES string of the molecule is CCC1(C)C(=c2oc(=O)c3c(C)[n+](C)cn23)c2cc(F)c(C(F)(F)F)c(F)c2-c2cc(C)cc[n+]21. The minimum atomic E-state index is -5.24. The molecule has 10 heteroatoms. The van der Waals surface area contributed by atoms with Gasteiger partial charge in [-0.2, -0.15) is 22.1 Å². The second kappa shape index (κ2) is 7.22. The number of benzene rings is 1. The van der Waals surface area contributed by atoms with E-state index in [-0.39, 0.29) is 27.9 Å². The molecule has 0 N–H and O–H groups in total. The molecule has 0 radical (unpaired) electrons. The maximum atomic E-state index is 15.7. The molecule has 1 aliphatic rings. The fourth-order valence-corrected chi connectivity index (χ4v) is 5.07. The van der Waals surface area contributed by atoms with Crippen LogP contribution in [0.2, 0.25) is 0 Å². The van der Waals surface area contributed by atoms with Crippen LogP contribution in [-0.4, -0.2) is 4.40 Å². The van der Waals surface area contributed by atoms with Crippen LogP contribution in [0, 0.1) is 25.5 Å². The summed E-state index contributed by atoms with van der Waals surface area (Å²) in [6, 6.07) is 4.02. The summed E-state index contributed by atoms with van der Waals surface area (Å²) in [7, 11) is 1.73. The van der Waals surface area contributed by atoms with Gasteiger partial charge in [-0.25, -0.2) is 18.1 Å². The van der Waals surface area contributed by atoms with Gasteiger partial charge in [0, 0.05) is 38.0 Å². The summed E-state index contributed by atoms with van der Waals surface area (Å²) < 4.78 is 82.1. The summed E-state index contributed by atoms with van der Waals surface area (Å²) >= 11 is 0. The van der Waals surface area contributed by atoms with E-state index >= 15 is 4.39 Å². The van der Waals surface area contributed by atoms with Gasteiger partial charge < -0.3 is 4.42 Å². The van der Waals surface area contributed by atoms with E-state index in [0.717, 1.165) is 0 Å². The minimum Gasteiger partial charge on any atom is -0.382 e. The van der Waals surface area contributed by atoms with E-state index in [4.69, 9.17) is 4.42 Å². The van der Waals surface area contributed by atoms with Crippen LogP contribution in [0.1, 0.15) is 42.7 Å². The highest BCUT2D eigenvalue weighted by Crippen LogP contribution is 2.46. The highest BCUT2D eigenvalue weighted by molar-refractivity contribution is 5.84. The molecule has 1 atom stereocenters. The molecule has 1 unspecified atom stereocenters. The van der Waals surface area contributed by atoms with Crippen LogP contribution in [0.5, 0.6) is 0 Å². The molecule has 0 saturated carbocycles. The lowest BCUT2D eigenvalue weighted by Crippen LogP contribution is -2.59. The van der Waals surface area contributed by atoms with Crippen molar-refractivity contribution < 1.29 is 35.5 Å². The van der Waals surface area contributed by atoms with E-state index in [1.165, 1.54) is 4.40 Å². The van der Waals surface area contributed by atoms with Crippen molar-refractivity contribution in [3.63, 3.8) is 0 Å². The van der Waals surface area contributed by atoms with E-state index in [1.54, 1.807) is 61.6 Å². The molecule has 1 aromatic carbocycles. The van der Waals surface area contributed by atoms with E-state index in [1.807, 2.05) is 6.92 Å². The molecule has 0 aliphatic carbocycles. The molecule has 182 valence electrons.